The molecule has 0 bridgehead atoms. The zero-order chi connectivity index (χ0) is 22.5. The normalized spacial score (nSPS) is 10.8. The number of ether oxygens (including phenoxy) is 2. The fourth-order valence-corrected chi connectivity index (χ4v) is 2.95. The second kappa shape index (κ2) is 9.04. The number of esters is 2. The number of nitrogens with zero attached hydrogens (tertiary/aromatic N) is 2. The lowest BCUT2D eigenvalue weighted by Crippen LogP contribution is -2.06. The first-order valence-electron chi connectivity index (χ1n) is 9.10. The third-order valence-corrected chi connectivity index (χ3v) is 4.39. The average Bonchev–Trinajstić information content (AvgIpc) is 2.77. The van der Waals surface area contributed by atoms with Gasteiger partial charge in [0.1, 0.15) is 11.4 Å². The number of fused-ring (bicyclic) bond motifs is 1. The first kappa shape index (κ1) is 21.4. The maximum Gasteiger partial charge on any atom is 0.340 e. The van der Waals surface area contributed by atoms with Gasteiger partial charge in [0.05, 0.1) is 31.0 Å². The summed E-state index contributed by atoms with van der Waals surface area (Å²) in [4.78, 5) is 35.5. The van der Waals surface area contributed by atoms with Crippen molar-refractivity contribution < 1.29 is 29.0 Å². The summed E-state index contributed by atoms with van der Waals surface area (Å²) in [7, 11) is 2.45. The Hall–Kier alpha value is -4.27. The molecule has 0 heterocycles. The Kier molecular flexibility index (Phi) is 6.25. The number of methoxy groups -OCH3 is 2. The summed E-state index contributed by atoms with van der Waals surface area (Å²) in [5.41, 5.74) is 0.520. The number of phenols is 1. The van der Waals surface area contributed by atoms with Gasteiger partial charge in [0.25, 0.3) is 0 Å². The monoisotopic (exact) mass is 421 g/mol. The number of aromatic hydroxyl groups is 1. The van der Waals surface area contributed by atoms with Gasteiger partial charge in [0, 0.05) is 12.3 Å². The molecule has 0 atom stereocenters. The van der Waals surface area contributed by atoms with E-state index in [1.807, 2.05) is 0 Å². The largest absolute Gasteiger partial charge is 0.504 e. The van der Waals surface area contributed by atoms with Crippen LogP contribution < -0.4 is 5.32 Å². The van der Waals surface area contributed by atoms with Gasteiger partial charge in [-0.2, -0.15) is 0 Å². The summed E-state index contributed by atoms with van der Waals surface area (Å²) in [5, 5.41) is 22.7. The van der Waals surface area contributed by atoms with Crippen molar-refractivity contribution in [3.05, 3.63) is 59.7 Å². The van der Waals surface area contributed by atoms with Gasteiger partial charge in [-0.1, -0.05) is 24.3 Å². The van der Waals surface area contributed by atoms with Crippen molar-refractivity contribution in [1.82, 2.24) is 0 Å². The Morgan fingerprint density at radius 2 is 1.65 bits per heavy atom. The van der Waals surface area contributed by atoms with Crippen LogP contribution in [-0.2, 0) is 14.3 Å². The van der Waals surface area contributed by atoms with Crippen molar-refractivity contribution in [2.45, 2.75) is 6.92 Å². The van der Waals surface area contributed by atoms with Crippen LogP contribution in [0.3, 0.4) is 0 Å². The lowest BCUT2D eigenvalue weighted by molar-refractivity contribution is -0.114. The van der Waals surface area contributed by atoms with Crippen LogP contribution in [0.15, 0.2) is 58.8 Å². The van der Waals surface area contributed by atoms with E-state index >= 15 is 0 Å². The number of amides is 1. The van der Waals surface area contributed by atoms with Crippen molar-refractivity contribution in [3.8, 4) is 5.75 Å². The zero-order valence-electron chi connectivity index (χ0n) is 17.0. The van der Waals surface area contributed by atoms with Gasteiger partial charge in [0.15, 0.2) is 5.75 Å². The highest BCUT2D eigenvalue weighted by atomic mass is 16.5. The molecule has 0 saturated heterocycles. The number of benzene rings is 3. The van der Waals surface area contributed by atoms with Crippen molar-refractivity contribution >= 4 is 45.7 Å². The molecule has 1 amide bonds. The molecule has 0 radical (unpaired) electrons. The van der Waals surface area contributed by atoms with E-state index in [4.69, 9.17) is 9.47 Å². The maximum atomic E-state index is 12.1. The number of phenolic OH excluding ortho intramolecular Hbond substituents is 1. The van der Waals surface area contributed by atoms with E-state index in [-0.39, 0.29) is 39.8 Å². The van der Waals surface area contributed by atoms with E-state index in [9.17, 15) is 19.5 Å². The molecule has 0 spiro atoms. The number of nitrogens with one attached hydrogen (secondary N) is 1. The van der Waals surface area contributed by atoms with Gasteiger partial charge in [-0.3, -0.25) is 4.79 Å². The molecule has 0 aliphatic carbocycles. The molecule has 3 aromatic carbocycles. The van der Waals surface area contributed by atoms with Crippen LogP contribution in [0.1, 0.15) is 27.6 Å². The fourth-order valence-electron chi connectivity index (χ4n) is 2.95. The minimum atomic E-state index is -0.675. The van der Waals surface area contributed by atoms with Crippen LogP contribution in [0.25, 0.3) is 10.8 Å². The predicted octanol–water partition coefficient (Wildman–Crippen LogP) is 4.49. The van der Waals surface area contributed by atoms with Crippen LogP contribution in [0.4, 0.5) is 17.1 Å². The zero-order valence-corrected chi connectivity index (χ0v) is 17.0. The van der Waals surface area contributed by atoms with Crippen LogP contribution in [-0.4, -0.2) is 37.2 Å². The van der Waals surface area contributed by atoms with E-state index < -0.39 is 11.9 Å². The summed E-state index contributed by atoms with van der Waals surface area (Å²) in [6, 6.07) is 12.8. The SMILES string of the molecule is COC(=O)c1ccc(C(=O)OC)c(/N=N/c2c(O)c(NC(C)=O)cc3ccccc23)c1. The predicted molar refractivity (Wildman–Crippen MR) is 113 cm³/mol. The Morgan fingerprint density at radius 3 is 2.32 bits per heavy atom. The smallest absolute Gasteiger partial charge is 0.340 e. The average molecular weight is 421 g/mol. The van der Waals surface area contributed by atoms with Crippen LogP contribution >= 0.6 is 0 Å². The maximum absolute atomic E-state index is 12.1. The third-order valence-electron chi connectivity index (χ3n) is 4.39. The first-order chi connectivity index (χ1) is 14.8. The third kappa shape index (κ3) is 4.50. The number of anilines is 1. The minimum absolute atomic E-state index is 0.0446. The Bertz CT molecular complexity index is 1220. The summed E-state index contributed by atoms with van der Waals surface area (Å²) >= 11 is 0. The fraction of sp³-hybridized carbons (Fsp3) is 0.136. The molecule has 0 saturated carbocycles. The first-order valence-corrected chi connectivity index (χ1v) is 9.10. The molecule has 158 valence electrons. The molecule has 0 aliphatic rings. The van der Waals surface area contributed by atoms with E-state index in [0.29, 0.717) is 10.8 Å². The Labute approximate surface area is 177 Å². The molecule has 3 rings (SSSR count). The van der Waals surface area contributed by atoms with E-state index in [1.165, 1.54) is 39.3 Å². The van der Waals surface area contributed by atoms with Gasteiger partial charge in [-0.15, -0.1) is 10.2 Å². The molecule has 2 N–H and O–H groups in total. The van der Waals surface area contributed by atoms with Crippen molar-refractivity contribution in [2.24, 2.45) is 10.2 Å². The number of azo groups is 1. The highest BCUT2D eigenvalue weighted by molar-refractivity contribution is 6.03. The highest BCUT2D eigenvalue weighted by Crippen LogP contribution is 2.42. The van der Waals surface area contributed by atoms with Crippen LogP contribution in [0.5, 0.6) is 5.75 Å². The summed E-state index contributed by atoms with van der Waals surface area (Å²) in [6.07, 6.45) is 0. The summed E-state index contributed by atoms with van der Waals surface area (Å²) < 4.78 is 9.46. The van der Waals surface area contributed by atoms with E-state index in [2.05, 4.69) is 15.5 Å². The summed E-state index contributed by atoms with van der Waals surface area (Å²) in [6.45, 7) is 1.32. The van der Waals surface area contributed by atoms with Gasteiger partial charge in [0.2, 0.25) is 5.91 Å². The molecule has 0 aliphatic heterocycles. The molecule has 9 nitrogen and oxygen atoms in total. The molecule has 3 aromatic rings. The lowest BCUT2D eigenvalue weighted by Gasteiger charge is -2.11. The van der Waals surface area contributed by atoms with Gasteiger partial charge >= 0.3 is 11.9 Å². The molecule has 31 heavy (non-hydrogen) atoms. The molecule has 0 aromatic heterocycles. The van der Waals surface area contributed by atoms with Crippen LogP contribution in [0, 0.1) is 0 Å². The van der Waals surface area contributed by atoms with Crippen molar-refractivity contribution in [3.63, 3.8) is 0 Å². The molecular weight excluding hydrogens is 402 g/mol. The van der Waals surface area contributed by atoms with Crippen molar-refractivity contribution in [1.29, 1.82) is 0 Å². The van der Waals surface area contributed by atoms with E-state index in [1.54, 1.807) is 30.3 Å². The molecule has 0 fully saturated rings. The molecule has 9 heteroatoms. The Morgan fingerprint density at radius 1 is 0.935 bits per heavy atom. The quantitative estimate of drug-likeness (QED) is 0.355. The minimum Gasteiger partial charge on any atom is -0.504 e. The molecule has 0 unspecified atom stereocenters. The number of carbonyl (C=O) groups excluding carboxylic acids is 3. The Balaban J connectivity index is 2.19. The number of hydrogen-bond acceptors (Lipinski definition) is 8. The van der Waals surface area contributed by atoms with Gasteiger partial charge < -0.3 is 19.9 Å². The second-order valence-corrected chi connectivity index (χ2v) is 6.44. The van der Waals surface area contributed by atoms with Gasteiger partial charge in [-0.05, 0) is 29.7 Å². The summed E-state index contributed by atoms with van der Waals surface area (Å²) in [5.74, 6) is -1.95. The van der Waals surface area contributed by atoms with E-state index in [0.717, 1.165) is 0 Å². The van der Waals surface area contributed by atoms with Crippen molar-refractivity contribution in [2.75, 3.05) is 19.5 Å². The topological polar surface area (TPSA) is 127 Å². The van der Waals surface area contributed by atoms with Crippen LogP contribution in [0.2, 0.25) is 0 Å². The standard InChI is InChI=1S/C22H19N3O6/c1-12(26)23-18-10-13-6-4-5-7-15(13)19(20(18)27)25-24-17-11-14(21(28)30-2)8-9-16(17)22(29)31-3/h4-11,27H,1-3H3,(H,23,26)/b25-24+. The highest BCUT2D eigenvalue weighted by Gasteiger charge is 2.17. The number of carbonyl (C=O) groups is 3. The van der Waals surface area contributed by atoms with Gasteiger partial charge in [-0.25, -0.2) is 9.59 Å². The molecular formula is C22H19N3O6. The number of hydrogen-bond donors (Lipinski definition) is 2. The lowest BCUT2D eigenvalue weighted by atomic mass is 10.1. The second-order valence-electron chi connectivity index (χ2n) is 6.44. The number of rotatable bonds is 5.